The Balaban J connectivity index is 2.06. The second kappa shape index (κ2) is 7.23. The van der Waals surface area contributed by atoms with Gasteiger partial charge < -0.3 is 0 Å². The topological polar surface area (TPSA) is 46.2 Å². The fourth-order valence-electron chi connectivity index (χ4n) is 2.36. The van der Waals surface area contributed by atoms with Crippen molar-refractivity contribution in [3.05, 3.63) is 82.3 Å². The number of halogens is 4. The highest BCUT2D eigenvalue weighted by Crippen LogP contribution is 2.32. The van der Waals surface area contributed by atoms with Crippen LogP contribution in [0.1, 0.15) is 0 Å². The van der Waals surface area contributed by atoms with Gasteiger partial charge in [-0.1, -0.05) is 59.6 Å². The lowest BCUT2D eigenvalue weighted by Crippen LogP contribution is -2.15. The summed E-state index contributed by atoms with van der Waals surface area (Å²) >= 11 is 11.8. The van der Waals surface area contributed by atoms with Gasteiger partial charge in [0.2, 0.25) is 0 Å². The SMILES string of the molecule is O=S(=O)(Nc1cc(-c2ccccc2)c(F)cc1F)c1cccc(Cl)c1Cl. The second-order valence-corrected chi connectivity index (χ2v) is 7.77. The first kappa shape index (κ1) is 18.6. The Hall–Kier alpha value is -2.15. The molecule has 0 unspecified atom stereocenters. The van der Waals surface area contributed by atoms with E-state index in [0.29, 0.717) is 11.6 Å². The van der Waals surface area contributed by atoms with Crippen LogP contribution in [0.5, 0.6) is 0 Å². The first-order valence-electron chi connectivity index (χ1n) is 7.31. The van der Waals surface area contributed by atoms with Crippen LogP contribution in [0.25, 0.3) is 11.1 Å². The summed E-state index contributed by atoms with van der Waals surface area (Å²) < 4.78 is 55.5. The van der Waals surface area contributed by atoms with Gasteiger partial charge in [-0.25, -0.2) is 17.2 Å². The molecule has 3 rings (SSSR count). The maximum Gasteiger partial charge on any atom is 0.263 e. The molecule has 0 radical (unpaired) electrons. The van der Waals surface area contributed by atoms with Gasteiger partial charge in [-0.05, 0) is 23.8 Å². The van der Waals surface area contributed by atoms with Crippen LogP contribution in [0.4, 0.5) is 14.5 Å². The van der Waals surface area contributed by atoms with Crippen molar-refractivity contribution in [2.45, 2.75) is 4.90 Å². The summed E-state index contributed by atoms with van der Waals surface area (Å²) in [5, 5.41) is -0.147. The van der Waals surface area contributed by atoms with E-state index in [1.165, 1.54) is 18.2 Å². The predicted octanol–water partition coefficient (Wildman–Crippen LogP) is 5.74. The van der Waals surface area contributed by atoms with Crippen molar-refractivity contribution in [1.82, 2.24) is 0 Å². The molecule has 0 spiro atoms. The van der Waals surface area contributed by atoms with E-state index < -0.39 is 27.3 Å². The van der Waals surface area contributed by atoms with Gasteiger partial charge in [0, 0.05) is 11.6 Å². The van der Waals surface area contributed by atoms with Crippen molar-refractivity contribution in [3.8, 4) is 11.1 Å². The molecule has 0 fully saturated rings. The molecule has 3 aromatic rings. The lowest BCUT2D eigenvalue weighted by atomic mass is 10.0. The summed E-state index contributed by atoms with van der Waals surface area (Å²) in [7, 11) is -4.23. The molecule has 0 aromatic heterocycles. The lowest BCUT2D eigenvalue weighted by molar-refractivity contribution is 0.584. The number of sulfonamides is 1. The third kappa shape index (κ3) is 3.67. The predicted molar refractivity (Wildman–Crippen MR) is 99.1 cm³/mol. The molecule has 3 nitrogen and oxygen atoms in total. The number of benzene rings is 3. The molecule has 0 saturated carbocycles. The monoisotopic (exact) mass is 413 g/mol. The fraction of sp³-hybridized carbons (Fsp3) is 0. The summed E-state index contributed by atoms with van der Waals surface area (Å²) in [6.45, 7) is 0. The summed E-state index contributed by atoms with van der Waals surface area (Å²) in [5.74, 6) is -1.86. The van der Waals surface area contributed by atoms with Gasteiger partial charge in [0.25, 0.3) is 10.0 Å². The van der Waals surface area contributed by atoms with Gasteiger partial charge in [0.05, 0.1) is 15.7 Å². The van der Waals surface area contributed by atoms with Crippen LogP contribution in [0.15, 0.2) is 65.6 Å². The van der Waals surface area contributed by atoms with E-state index in [-0.39, 0.29) is 20.5 Å². The molecular weight excluding hydrogens is 403 g/mol. The van der Waals surface area contributed by atoms with Gasteiger partial charge in [-0.15, -0.1) is 0 Å². The normalized spacial score (nSPS) is 11.4. The standard InChI is InChI=1S/C18H11Cl2F2NO2S/c19-13-7-4-8-17(18(13)20)26(24,25)23-16-9-12(14(21)10-15(16)22)11-5-2-1-3-6-11/h1-10,23H. The first-order valence-corrected chi connectivity index (χ1v) is 9.55. The Bertz CT molecular complexity index is 1070. The van der Waals surface area contributed by atoms with E-state index in [0.717, 1.165) is 6.07 Å². The van der Waals surface area contributed by atoms with Crippen molar-refractivity contribution in [3.63, 3.8) is 0 Å². The molecule has 3 aromatic carbocycles. The highest BCUT2D eigenvalue weighted by Gasteiger charge is 2.22. The number of hydrogen-bond donors (Lipinski definition) is 1. The van der Waals surface area contributed by atoms with E-state index in [1.807, 2.05) is 0 Å². The molecule has 8 heteroatoms. The number of hydrogen-bond acceptors (Lipinski definition) is 2. The molecular formula is C18H11Cl2F2NO2S. The molecule has 0 atom stereocenters. The van der Waals surface area contributed by atoms with Crippen LogP contribution in [0.2, 0.25) is 10.0 Å². The smallest absolute Gasteiger partial charge is 0.263 e. The molecule has 0 bridgehead atoms. The molecule has 0 aliphatic rings. The minimum Gasteiger partial charge on any atom is -0.277 e. The Morgan fingerprint density at radius 2 is 1.54 bits per heavy atom. The average Bonchev–Trinajstić information content (AvgIpc) is 2.60. The number of nitrogens with one attached hydrogen (secondary N) is 1. The van der Waals surface area contributed by atoms with Crippen molar-refractivity contribution in [2.24, 2.45) is 0 Å². The molecule has 0 aliphatic heterocycles. The van der Waals surface area contributed by atoms with Crippen molar-refractivity contribution >= 4 is 38.9 Å². The largest absolute Gasteiger partial charge is 0.277 e. The van der Waals surface area contributed by atoms with E-state index >= 15 is 0 Å². The molecule has 0 aliphatic carbocycles. The highest BCUT2D eigenvalue weighted by atomic mass is 35.5. The Labute approximate surface area is 159 Å². The highest BCUT2D eigenvalue weighted by molar-refractivity contribution is 7.92. The summed E-state index contributed by atoms with van der Waals surface area (Å²) in [6.07, 6.45) is 0. The lowest BCUT2D eigenvalue weighted by Gasteiger charge is -2.13. The van der Waals surface area contributed by atoms with Crippen LogP contribution in [-0.4, -0.2) is 8.42 Å². The molecule has 26 heavy (non-hydrogen) atoms. The number of anilines is 1. The van der Waals surface area contributed by atoms with Crippen LogP contribution in [0, 0.1) is 11.6 Å². The molecule has 0 heterocycles. The van der Waals surface area contributed by atoms with Crippen LogP contribution < -0.4 is 4.72 Å². The van der Waals surface area contributed by atoms with E-state index in [4.69, 9.17) is 23.2 Å². The van der Waals surface area contributed by atoms with Gasteiger partial charge in [0.1, 0.15) is 16.5 Å². The summed E-state index contributed by atoms with van der Waals surface area (Å²) in [4.78, 5) is -0.309. The first-order chi connectivity index (χ1) is 12.3. The summed E-state index contributed by atoms with van der Waals surface area (Å²) in [5.41, 5.74) is 0.134. The zero-order valence-corrected chi connectivity index (χ0v) is 15.3. The minimum absolute atomic E-state index is 0.0408. The Kier molecular flexibility index (Phi) is 5.18. The number of rotatable bonds is 4. The van der Waals surface area contributed by atoms with E-state index in [9.17, 15) is 17.2 Å². The van der Waals surface area contributed by atoms with Gasteiger partial charge in [0.15, 0.2) is 0 Å². The molecule has 134 valence electrons. The van der Waals surface area contributed by atoms with Crippen LogP contribution in [0.3, 0.4) is 0 Å². The summed E-state index contributed by atoms with van der Waals surface area (Å²) in [6, 6.07) is 14.2. The van der Waals surface area contributed by atoms with Crippen LogP contribution in [-0.2, 0) is 10.0 Å². The van der Waals surface area contributed by atoms with E-state index in [2.05, 4.69) is 4.72 Å². The third-order valence-electron chi connectivity index (χ3n) is 3.59. The average molecular weight is 414 g/mol. The molecule has 1 N–H and O–H groups in total. The quantitative estimate of drug-likeness (QED) is 0.592. The Morgan fingerprint density at radius 3 is 2.23 bits per heavy atom. The van der Waals surface area contributed by atoms with Crippen molar-refractivity contribution in [2.75, 3.05) is 4.72 Å². The minimum atomic E-state index is -4.23. The van der Waals surface area contributed by atoms with Crippen molar-refractivity contribution in [1.29, 1.82) is 0 Å². The maximum atomic E-state index is 14.1. The zero-order chi connectivity index (χ0) is 18.9. The third-order valence-corrected chi connectivity index (χ3v) is 5.93. The molecule has 0 amide bonds. The van der Waals surface area contributed by atoms with Gasteiger partial charge in [-0.2, -0.15) is 0 Å². The maximum absolute atomic E-state index is 14.1. The van der Waals surface area contributed by atoms with E-state index in [1.54, 1.807) is 30.3 Å². The van der Waals surface area contributed by atoms with Crippen molar-refractivity contribution < 1.29 is 17.2 Å². The second-order valence-electron chi connectivity index (χ2n) is 5.34. The van der Waals surface area contributed by atoms with Gasteiger partial charge >= 0.3 is 0 Å². The Morgan fingerprint density at radius 1 is 0.846 bits per heavy atom. The molecule has 0 saturated heterocycles. The van der Waals surface area contributed by atoms with Gasteiger partial charge in [-0.3, -0.25) is 4.72 Å². The zero-order valence-electron chi connectivity index (χ0n) is 13.0. The fourth-order valence-corrected chi connectivity index (χ4v) is 4.18. The van der Waals surface area contributed by atoms with Crippen LogP contribution >= 0.6 is 23.2 Å².